The SMILES string of the molecule is O=[C](O)[Ti][OH]. The average Bonchev–Trinajstić information content (AvgIpc) is 1.38. The van der Waals surface area contributed by atoms with Gasteiger partial charge in [0.05, 0.1) is 0 Å². The number of rotatable bonds is 1. The van der Waals surface area contributed by atoms with E-state index in [2.05, 4.69) is 0 Å². The molecule has 0 aliphatic rings. The first-order chi connectivity index (χ1) is 2.27. The molecule has 0 atom stereocenters. The Bertz CT molecular complexity index is 42.2. The van der Waals surface area contributed by atoms with Crippen LogP contribution in [0.1, 0.15) is 0 Å². The van der Waals surface area contributed by atoms with E-state index in [1.807, 2.05) is 0 Å². The number of hydrogen-bond acceptors (Lipinski definition) is 2. The Labute approximate surface area is 38.0 Å². The van der Waals surface area contributed by atoms with Crippen molar-refractivity contribution < 1.29 is 33.1 Å². The number of hydrogen-bond donors (Lipinski definition) is 2. The molecular formula is CH2O3Ti. The molecule has 0 aromatic carbocycles. The first-order valence-corrected chi connectivity index (χ1v) is 2.38. The zero-order valence-electron chi connectivity index (χ0n) is 2.30. The molecule has 0 radical (unpaired) electrons. The van der Waals surface area contributed by atoms with E-state index < -0.39 is 23.8 Å². The normalized spacial score (nSPS) is 6.60. The molecule has 0 saturated heterocycles. The van der Waals surface area contributed by atoms with Crippen molar-refractivity contribution in [1.29, 1.82) is 0 Å². The Morgan fingerprint density at radius 1 is 1.80 bits per heavy atom. The Morgan fingerprint density at radius 2 is 2.00 bits per heavy atom. The summed E-state index contributed by atoms with van der Waals surface area (Å²) in [6.07, 6.45) is 0. The van der Waals surface area contributed by atoms with Gasteiger partial charge in [-0.05, 0) is 0 Å². The van der Waals surface area contributed by atoms with Crippen molar-refractivity contribution in [2.75, 3.05) is 0 Å². The third kappa shape index (κ3) is 4.14. The van der Waals surface area contributed by atoms with Gasteiger partial charge < -0.3 is 0 Å². The van der Waals surface area contributed by atoms with E-state index in [1.165, 1.54) is 0 Å². The van der Waals surface area contributed by atoms with Crippen LogP contribution < -0.4 is 0 Å². The number of carboxylic acid groups (broad SMARTS) is 1. The zero-order chi connectivity index (χ0) is 4.28. The second kappa shape index (κ2) is 2.39. The summed E-state index contributed by atoms with van der Waals surface area (Å²) in [7, 11) is 0. The van der Waals surface area contributed by atoms with Crippen LogP contribution in [0.15, 0.2) is 0 Å². The van der Waals surface area contributed by atoms with Crippen LogP contribution in [0.25, 0.3) is 0 Å². The van der Waals surface area contributed by atoms with E-state index >= 15 is 0 Å². The van der Waals surface area contributed by atoms with E-state index in [9.17, 15) is 4.79 Å². The molecule has 2 N–H and O–H groups in total. The molecule has 0 aliphatic carbocycles. The number of carbonyl (C=O) groups is 1. The quantitative estimate of drug-likeness (QED) is 0.453. The molecular weight excluding hydrogens is 108 g/mol. The van der Waals surface area contributed by atoms with Crippen molar-refractivity contribution in [2.45, 2.75) is 0 Å². The third-order valence-corrected chi connectivity index (χ3v) is 0.394. The molecule has 0 unspecified atom stereocenters. The van der Waals surface area contributed by atoms with Crippen LogP contribution in [0, 0.1) is 0 Å². The van der Waals surface area contributed by atoms with Gasteiger partial charge in [-0.1, -0.05) is 0 Å². The van der Waals surface area contributed by atoms with E-state index in [1.54, 1.807) is 0 Å². The van der Waals surface area contributed by atoms with Crippen molar-refractivity contribution in [3.63, 3.8) is 0 Å². The fraction of sp³-hybridized carbons (Fsp3) is 0. The molecule has 0 saturated carbocycles. The first kappa shape index (κ1) is 5.14. The van der Waals surface area contributed by atoms with Gasteiger partial charge in [0.25, 0.3) is 0 Å². The summed E-state index contributed by atoms with van der Waals surface area (Å²) >= 11 is -1.64. The van der Waals surface area contributed by atoms with E-state index in [0.717, 1.165) is 0 Å². The van der Waals surface area contributed by atoms with Crippen LogP contribution in [0.4, 0.5) is 4.79 Å². The van der Waals surface area contributed by atoms with Crippen LogP contribution in [-0.2, 0) is 19.5 Å². The molecule has 0 heterocycles. The van der Waals surface area contributed by atoms with Crippen LogP contribution in [-0.4, -0.2) is 13.1 Å². The summed E-state index contributed by atoms with van der Waals surface area (Å²) < 4.78 is 6.60. The second-order valence-corrected chi connectivity index (χ2v) is 1.43. The molecule has 0 aromatic heterocycles. The monoisotopic (exact) mass is 110 g/mol. The maximum atomic E-state index is 9.17. The fourth-order valence-electron chi connectivity index (χ4n) is 0. The van der Waals surface area contributed by atoms with Crippen LogP contribution in [0.5, 0.6) is 0 Å². The molecule has 0 fully saturated rings. The van der Waals surface area contributed by atoms with E-state index in [-0.39, 0.29) is 0 Å². The van der Waals surface area contributed by atoms with Crippen LogP contribution >= 0.6 is 0 Å². The van der Waals surface area contributed by atoms with Crippen molar-refractivity contribution >= 4 is 4.27 Å². The summed E-state index contributed by atoms with van der Waals surface area (Å²) in [5.41, 5.74) is 0. The summed E-state index contributed by atoms with van der Waals surface area (Å²) in [4.78, 5) is 9.17. The van der Waals surface area contributed by atoms with Gasteiger partial charge >= 0.3 is 37.4 Å². The van der Waals surface area contributed by atoms with Gasteiger partial charge in [-0.25, -0.2) is 0 Å². The molecule has 0 amide bonds. The molecule has 5 heavy (non-hydrogen) atoms. The minimum absolute atomic E-state index is 1.06. The molecule has 0 aromatic rings. The van der Waals surface area contributed by atoms with Gasteiger partial charge in [0, 0.05) is 0 Å². The summed E-state index contributed by atoms with van der Waals surface area (Å²) in [5.74, 6) is 0. The van der Waals surface area contributed by atoms with Gasteiger partial charge in [-0.2, -0.15) is 0 Å². The topological polar surface area (TPSA) is 57.5 Å². The van der Waals surface area contributed by atoms with Gasteiger partial charge in [-0.15, -0.1) is 0 Å². The molecule has 0 rings (SSSR count). The Hall–Kier alpha value is 0.144. The summed E-state index contributed by atoms with van der Waals surface area (Å²) in [6, 6.07) is 0. The van der Waals surface area contributed by atoms with Crippen LogP contribution in [0.3, 0.4) is 0 Å². The van der Waals surface area contributed by atoms with E-state index in [4.69, 9.17) is 8.79 Å². The molecule has 3 nitrogen and oxygen atoms in total. The van der Waals surface area contributed by atoms with E-state index in [0.29, 0.717) is 0 Å². The fourth-order valence-corrected chi connectivity index (χ4v) is 0. The van der Waals surface area contributed by atoms with Gasteiger partial charge in [-0.3, -0.25) is 0 Å². The minimum atomic E-state index is -1.64. The first-order valence-electron chi connectivity index (χ1n) is 0.901. The zero-order valence-corrected chi connectivity index (χ0v) is 3.86. The molecule has 28 valence electrons. The molecule has 0 bridgehead atoms. The molecule has 0 spiro atoms. The maximum absolute atomic E-state index is 9.17. The van der Waals surface area contributed by atoms with Crippen LogP contribution in [0.2, 0.25) is 0 Å². The van der Waals surface area contributed by atoms with Gasteiger partial charge in [0.1, 0.15) is 0 Å². The Balaban J connectivity index is 2.85. The predicted octanol–water partition coefficient (Wildman–Crippen LogP) is -0.346. The predicted molar refractivity (Wildman–Crippen MR) is 10.2 cm³/mol. The average molecular weight is 110 g/mol. The Morgan fingerprint density at radius 3 is 2.00 bits per heavy atom. The second-order valence-electron chi connectivity index (χ2n) is 0.417. The van der Waals surface area contributed by atoms with Crippen molar-refractivity contribution in [3.8, 4) is 0 Å². The molecule has 4 heteroatoms. The molecule has 0 aliphatic heterocycles. The summed E-state index contributed by atoms with van der Waals surface area (Å²) in [6.45, 7) is 0. The van der Waals surface area contributed by atoms with Gasteiger partial charge in [0.15, 0.2) is 0 Å². The van der Waals surface area contributed by atoms with Crippen molar-refractivity contribution in [1.82, 2.24) is 0 Å². The van der Waals surface area contributed by atoms with Gasteiger partial charge in [0.2, 0.25) is 0 Å². The Kier molecular flexibility index (Phi) is 2.45. The van der Waals surface area contributed by atoms with Crippen molar-refractivity contribution in [2.24, 2.45) is 0 Å². The van der Waals surface area contributed by atoms with Crippen molar-refractivity contribution in [3.05, 3.63) is 0 Å². The standard InChI is InChI=1S/CHO2.H2O.Ti/c2-1-3;;/h(H,2,3);1H2;/q;;+1/p-1. The third-order valence-electron chi connectivity index (χ3n) is 0.0956. The summed E-state index contributed by atoms with van der Waals surface area (Å²) in [5, 5.41) is 7.53.